The van der Waals surface area contributed by atoms with E-state index in [1.54, 1.807) is 18.2 Å². The van der Waals surface area contributed by atoms with Gasteiger partial charge in [0.1, 0.15) is 11.6 Å². The van der Waals surface area contributed by atoms with Crippen LogP contribution >= 0.6 is 15.9 Å². The molecule has 0 amide bonds. The summed E-state index contributed by atoms with van der Waals surface area (Å²) in [6, 6.07) is 22.7. The summed E-state index contributed by atoms with van der Waals surface area (Å²) < 4.78 is 0.915. The van der Waals surface area contributed by atoms with Gasteiger partial charge in [0, 0.05) is 28.5 Å². The lowest BCUT2D eigenvalue weighted by atomic mass is 10.1. The zero-order chi connectivity index (χ0) is 22.5. The number of carboxylic acid groups (broad SMARTS) is 1. The predicted octanol–water partition coefficient (Wildman–Crippen LogP) is 5.29. The predicted molar refractivity (Wildman–Crippen MR) is 129 cm³/mol. The lowest BCUT2D eigenvalue weighted by Gasteiger charge is -2.25. The van der Waals surface area contributed by atoms with Gasteiger partial charge in [-0.15, -0.1) is 0 Å². The molecule has 4 rings (SSSR count). The highest BCUT2D eigenvalue weighted by molar-refractivity contribution is 9.10. The van der Waals surface area contributed by atoms with Crippen LogP contribution in [0, 0.1) is 0 Å². The molecule has 32 heavy (non-hydrogen) atoms. The van der Waals surface area contributed by atoms with Crippen molar-refractivity contribution in [3.63, 3.8) is 0 Å². The molecule has 7 heteroatoms. The Kier molecular flexibility index (Phi) is 6.66. The van der Waals surface area contributed by atoms with Crippen molar-refractivity contribution in [3.8, 4) is 17.1 Å². The Balaban J connectivity index is 1.80. The third kappa shape index (κ3) is 5.23. The van der Waals surface area contributed by atoms with Gasteiger partial charge in [-0.1, -0.05) is 58.4 Å². The Morgan fingerprint density at radius 3 is 2.50 bits per heavy atom. The summed E-state index contributed by atoms with van der Waals surface area (Å²) in [5, 5.41) is 20.1. The summed E-state index contributed by atoms with van der Waals surface area (Å²) in [6.45, 7) is 0.874. The van der Waals surface area contributed by atoms with Crippen molar-refractivity contribution in [2.45, 2.75) is 12.8 Å². The molecule has 0 aliphatic carbocycles. The van der Waals surface area contributed by atoms with Gasteiger partial charge in [-0.05, 0) is 42.3 Å². The zero-order valence-corrected chi connectivity index (χ0v) is 18.9. The fourth-order valence-electron chi connectivity index (χ4n) is 3.56. The molecule has 1 aromatic heterocycles. The normalized spacial score (nSPS) is 10.9. The first-order valence-electron chi connectivity index (χ1n) is 10.3. The van der Waals surface area contributed by atoms with Crippen LogP contribution in [-0.2, 0) is 11.2 Å². The molecule has 0 atom stereocenters. The lowest BCUT2D eigenvalue weighted by molar-refractivity contribution is -0.136. The van der Waals surface area contributed by atoms with E-state index in [4.69, 9.17) is 9.97 Å². The average molecular weight is 492 g/mol. The second-order valence-electron chi connectivity index (χ2n) is 7.45. The minimum Gasteiger partial charge on any atom is -0.508 e. The van der Waals surface area contributed by atoms with E-state index in [0.29, 0.717) is 35.6 Å². The number of rotatable bonds is 8. The van der Waals surface area contributed by atoms with Crippen molar-refractivity contribution >= 4 is 38.6 Å². The Bertz CT molecular complexity index is 1250. The van der Waals surface area contributed by atoms with Crippen LogP contribution in [0.4, 0.5) is 5.82 Å². The second-order valence-corrected chi connectivity index (χ2v) is 8.36. The van der Waals surface area contributed by atoms with Crippen molar-refractivity contribution in [3.05, 3.63) is 82.8 Å². The molecule has 1 heterocycles. The average Bonchev–Trinajstić information content (AvgIpc) is 2.79. The minimum absolute atomic E-state index is 0.0225. The Labute approximate surface area is 194 Å². The molecular formula is C25H22BrN3O3. The molecule has 162 valence electrons. The molecule has 0 saturated carbocycles. The van der Waals surface area contributed by atoms with Crippen molar-refractivity contribution in [2.75, 3.05) is 18.0 Å². The highest BCUT2D eigenvalue weighted by atomic mass is 79.9. The number of carboxylic acids is 1. The number of hydrogen-bond acceptors (Lipinski definition) is 5. The van der Waals surface area contributed by atoms with Crippen LogP contribution < -0.4 is 4.90 Å². The largest absolute Gasteiger partial charge is 0.508 e. The van der Waals surface area contributed by atoms with Gasteiger partial charge in [-0.3, -0.25) is 4.79 Å². The van der Waals surface area contributed by atoms with Crippen molar-refractivity contribution in [1.29, 1.82) is 0 Å². The first-order chi connectivity index (χ1) is 15.5. The summed E-state index contributed by atoms with van der Waals surface area (Å²) in [4.78, 5) is 22.8. The van der Waals surface area contributed by atoms with E-state index in [-0.39, 0.29) is 12.2 Å². The quantitative estimate of drug-likeness (QED) is 0.348. The molecule has 0 aliphatic heterocycles. The Morgan fingerprint density at radius 2 is 1.75 bits per heavy atom. The molecule has 0 spiro atoms. The number of fused-ring (bicyclic) bond motifs is 1. The monoisotopic (exact) mass is 491 g/mol. The van der Waals surface area contributed by atoms with Crippen LogP contribution in [0.15, 0.2) is 77.3 Å². The first kappa shape index (κ1) is 21.8. The molecule has 0 unspecified atom stereocenters. The topological polar surface area (TPSA) is 86.5 Å². The van der Waals surface area contributed by atoms with Crippen LogP contribution in [0.5, 0.6) is 5.75 Å². The van der Waals surface area contributed by atoms with Crippen LogP contribution in [0.25, 0.3) is 22.3 Å². The highest BCUT2D eigenvalue weighted by Crippen LogP contribution is 2.31. The minimum atomic E-state index is -0.872. The van der Waals surface area contributed by atoms with E-state index in [2.05, 4.69) is 15.9 Å². The Hall–Kier alpha value is -3.45. The smallest absolute Gasteiger partial charge is 0.305 e. The van der Waals surface area contributed by atoms with Gasteiger partial charge >= 0.3 is 5.97 Å². The van der Waals surface area contributed by atoms with Gasteiger partial charge in [0.05, 0.1) is 11.9 Å². The molecule has 0 radical (unpaired) electrons. The van der Waals surface area contributed by atoms with Gasteiger partial charge < -0.3 is 15.1 Å². The number of carbonyl (C=O) groups is 1. The lowest BCUT2D eigenvalue weighted by Crippen LogP contribution is -2.29. The molecule has 0 aliphatic rings. The summed E-state index contributed by atoms with van der Waals surface area (Å²) in [7, 11) is 0. The van der Waals surface area contributed by atoms with E-state index >= 15 is 0 Å². The number of halogens is 1. The number of anilines is 1. The molecule has 2 N–H and O–H groups in total. The summed E-state index contributed by atoms with van der Waals surface area (Å²) >= 11 is 3.49. The maximum absolute atomic E-state index is 11.3. The number of nitrogens with zero attached hydrogens (tertiary/aromatic N) is 3. The number of phenolic OH excluding ortho intramolecular Hbond substituents is 1. The van der Waals surface area contributed by atoms with Crippen LogP contribution in [0.3, 0.4) is 0 Å². The third-order valence-corrected chi connectivity index (χ3v) is 5.64. The van der Waals surface area contributed by atoms with E-state index in [9.17, 15) is 15.0 Å². The van der Waals surface area contributed by atoms with Crippen molar-refractivity contribution < 1.29 is 15.0 Å². The molecule has 0 saturated heterocycles. The van der Waals surface area contributed by atoms with E-state index in [0.717, 1.165) is 22.0 Å². The van der Waals surface area contributed by atoms with Crippen LogP contribution in [0.1, 0.15) is 12.0 Å². The fraction of sp³-hybridized carbons (Fsp3) is 0.160. The zero-order valence-electron chi connectivity index (χ0n) is 17.3. The van der Waals surface area contributed by atoms with Crippen molar-refractivity contribution in [1.82, 2.24) is 9.97 Å². The van der Waals surface area contributed by atoms with E-state index in [1.807, 2.05) is 59.5 Å². The molecular weight excluding hydrogens is 470 g/mol. The number of aliphatic carboxylic acids is 1. The maximum atomic E-state index is 11.3. The fourth-order valence-corrected chi connectivity index (χ4v) is 3.96. The number of benzene rings is 3. The Morgan fingerprint density at radius 1 is 0.938 bits per heavy atom. The second kappa shape index (κ2) is 9.78. The SMILES string of the molecule is O=C(O)CCN(CCc1ccccc1)c1nc(-c2cccc(Br)c2)nc2ccc(O)cc12. The van der Waals surface area contributed by atoms with E-state index < -0.39 is 5.97 Å². The molecule has 0 bridgehead atoms. The van der Waals surface area contributed by atoms with Crippen molar-refractivity contribution in [2.24, 2.45) is 0 Å². The summed E-state index contributed by atoms with van der Waals surface area (Å²) in [6.07, 6.45) is 0.711. The van der Waals surface area contributed by atoms with Gasteiger partial charge in [0.25, 0.3) is 0 Å². The molecule has 3 aromatic carbocycles. The maximum Gasteiger partial charge on any atom is 0.305 e. The highest BCUT2D eigenvalue weighted by Gasteiger charge is 2.17. The summed E-state index contributed by atoms with van der Waals surface area (Å²) in [5.41, 5.74) is 2.68. The van der Waals surface area contributed by atoms with Gasteiger partial charge in [-0.25, -0.2) is 9.97 Å². The van der Waals surface area contributed by atoms with E-state index in [1.165, 1.54) is 0 Å². The van der Waals surface area contributed by atoms with Crippen LogP contribution in [-0.4, -0.2) is 39.2 Å². The third-order valence-electron chi connectivity index (χ3n) is 5.15. The molecule has 0 fully saturated rings. The van der Waals surface area contributed by atoms with Crippen LogP contribution in [0.2, 0.25) is 0 Å². The number of aromatic nitrogens is 2. The number of aromatic hydroxyl groups is 1. The van der Waals surface area contributed by atoms with Gasteiger partial charge in [-0.2, -0.15) is 0 Å². The standard InChI is InChI=1S/C25H22BrN3O3/c26-19-8-4-7-18(15-19)24-27-22-10-9-20(30)16-21(22)25(28-24)29(14-12-23(31)32)13-11-17-5-2-1-3-6-17/h1-10,15-16,30H,11-14H2,(H,31,32). The molecule has 4 aromatic rings. The van der Waals surface area contributed by atoms with Gasteiger partial charge in [0.2, 0.25) is 0 Å². The van der Waals surface area contributed by atoms with Gasteiger partial charge in [0.15, 0.2) is 5.82 Å². The number of phenols is 1. The summed E-state index contributed by atoms with van der Waals surface area (Å²) in [5.74, 6) is 0.388. The first-order valence-corrected chi connectivity index (χ1v) is 11.1. The number of hydrogen-bond donors (Lipinski definition) is 2. The molecule has 6 nitrogen and oxygen atoms in total.